The van der Waals surface area contributed by atoms with Gasteiger partial charge in [-0.15, -0.1) is 0 Å². The minimum Gasteiger partial charge on any atom is -0.387 e. The van der Waals surface area contributed by atoms with E-state index >= 15 is 0 Å². The molecule has 2 fully saturated rings. The molecule has 1 heterocycles. The molecule has 2 aliphatic carbocycles. The van der Waals surface area contributed by atoms with Gasteiger partial charge in [-0.05, 0) is 24.0 Å². The summed E-state index contributed by atoms with van der Waals surface area (Å²) in [7, 11) is 0. The molecule has 0 bridgehead atoms. The van der Waals surface area contributed by atoms with Crippen molar-refractivity contribution in [3.63, 3.8) is 0 Å². The van der Waals surface area contributed by atoms with Gasteiger partial charge in [-0.3, -0.25) is 4.79 Å². The van der Waals surface area contributed by atoms with E-state index in [2.05, 4.69) is 11.4 Å². The molecule has 1 saturated carbocycles. The van der Waals surface area contributed by atoms with E-state index in [1.54, 1.807) is 0 Å². The summed E-state index contributed by atoms with van der Waals surface area (Å²) in [5.74, 6) is 0.898. The Morgan fingerprint density at radius 3 is 3.07 bits per heavy atom. The molecule has 0 amide bonds. The molecule has 15 heavy (non-hydrogen) atoms. The zero-order valence-electron chi connectivity index (χ0n) is 8.29. The molecule has 4 rings (SSSR count). The summed E-state index contributed by atoms with van der Waals surface area (Å²) in [5, 5.41) is 3.36. The molecule has 0 unspecified atom stereocenters. The van der Waals surface area contributed by atoms with Crippen molar-refractivity contribution in [2.24, 2.45) is 11.3 Å². The number of ketones is 1. The van der Waals surface area contributed by atoms with Crippen LogP contribution in [0.25, 0.3) is 6.08 Å². The number of allylic oxidation sites excluding steroid dienone is 1. The predicted octanol–water partition coefficient (Wildman–Crippen LogP) is 1.83. The van der Waals surface area contributed by atoms with E-state index in [-0.39, 0.29) is 5.41 Å². The molecule has 1 aliphatic heterocycles. The Morgan fingerprint density at radius 2 is 2.20 bits per heavy atom. The minimum atomic E-state index is -0.131. The summed E-state index contributed by atoms with van der Waals surface area (Å²) >= 11 is 0. The highest BCUT2D eigenvalue weighted by Gasteiger charge is 2.66. The quantitative estimate of drug-likeness (QED) is 0.687. The number of nitrogens with one attached hydrogen (secondary N) is 1. The normalized spacial score (nSPS) is 34.8. The third-order valence-corrected chi connectivity index (χ3v) is 4.04. The second-order valence-electron chi connectivity index (χ2n) is 4.73. The van der Waals surface area contributed by atoms with E-state index in [1.165, 1.54) is 0 Å². The Hall–Kier alpha value is -1.57. The summed E-state index contributed by atoms with van der Waals surface area (Å²) in [6, 6.07) is 7.91. The van der Waals surface area contributed by atoms with E-state index < -0.39 is 0 Å². The molecule has 1 aromatic carbocycles. The van der Waals surface area contributed by atoms with Crippen molar-refractivity contribution in [1.82, 2.24) is 5.32 Å². The number of piperidine rings is 1. The van der Waals surface area contributed by atoms with E-state index in [0.717, 1.165) is 29.8 Å². The molecule has 1 spiro atoms. The van der Waals surface area contributed by atoms with Crippen molar-refractivity contribution >= 4 is 11.9 Å². The van der Waals surface area contributed by atoms with Gasteiger partial charge >= 0.3 is 0 Å². The minimum absolute atomic E-state index is 0.131. The molecule has 1 aromatic rings. The molecule has 1 saturated heterocycles. The van der Waals surface area contributed by atoms with Crippen LogP contribution in [0.1, 0.15) is 22.3 Å². The van der Waals surface area contributed by atoms with Crippen LogP contribution >= 0.6 is 0 Å². The van der Waals surface area contributed by atoms with Gasteiger partial charge in [-0.2, -0.15) is 0 Å². The number of hydrogen-bond acceptors (Lipinski definition) is 2. The van der Waals surface area contributed by atoms with Gasteiger partial charge in [-0.1, -0.05) is 24.3 Å². The number of carbonyl (C=O) groups excluding carboxylic acids is 1. The number of rotatable bonds is 0. The average molecular weight is 197 g/mol. The SMILES string of the molecule is O=C1c2ccccc2C=C2NC[C@H]3C[C@@]123. The lowest BCUT2D eigenvalue weighted by Crippen LogP contribution is -2.26. The standard InChI is InChI=1S/C13H11NO/c15-12-10-4-2-1-3-8(10)5-11-13(12)6-9(13)7-14-11/h1-5,9,14H,6-7H2/t9-,13+/m1/s1. The second kappa shape index (κ2) is 2.16. The first-order valence-corrected chi connectivity index (χ1v) is 5.42. The summed E-state index contributed by atoms with van der Waals surface area (Å²) < 4.78 is 0. The number of fused-ring (bicyclic) bond motifs is 1. The highest BCUT2D eigenvalue weighted by atomic mass is 16.1. The zero-order chi connectivity index (χ0) is 10.0. The highest BCUT2D eigenvalue weighted by molar-refractivity contribution is 6.10. The molecule has 74 valence electrons. The summed E-state index contributed by atoms with van der Waals surface area (Å²) in [6.07, 6.45) is 3.21. The van der Waals surface area contributed by atoms with Crippen molar-refractivity contribution < 1.29 is 4.79 Å². The molecule has 2 nitrogen and oxygen atoms in total. The first-order chi connectivity index (χ1) is 7.32. The molecule has 3 aliphatic rings. The number of Topliss-reactive ketones (excluding diaryl/α,β-unsaturated/α-hetero) is 1. The fourth-order valence-electron chi connectivity index (χ4n) is 3.10. The summed E-state index contributed by atoms with van der Waals surface area (Å²) in [5.41, 5.74) is 3.01. The number of benzene rings is 1. The Morgan fingerprint density at radius 1 is 1.33 bits per heavy atom. The smallest absolute Gasteiger partial charge is 0.175 e. The third-order valence-electron chi connectivity index (χ3n) is 4.04. The molecular formula is C13H11NO. The van der Waals surface area contributed by atoms with Crippen molar-refractivity contribution in [2.75, 3.05) is 6.54 Å². The molecular weight excluding hydrogens is 186 g/mol. The summed E-state index contributed by atoms with van der Waals surface area (Å²) in [4.78, 5) is 12.4. The lowest BCUT2D eigenvalue weighted by atomic mass is 9.83. The highest BCUT2D eigenvalue weighted by Crippen LogP contribution is 2.63. The van der Waals surface area contributed by atoms with Crippen LogP contribution in [0, 0.1) is 11.3 Å². The van der Waals surface area contributed by atoms with E-state index in [0.29, 0.717) is 11.7 Å². The molecule has 0 radical (unpaired) electrons. The van der Waals surface area contributed by atoms with Crippen LogP contribution in [0.3, 0.4) is 0 Å². The van der Waals surface area contributed by atoms with Crippen molar-refractivity contribution in [1.29, 1.82) is 0 Å². The van der Waals surface area contributed by atoms with Crippen molar-refractivity contribution in [2.45, 2.75) is 6.42 Å². The largest absolute Gasteiger partial charge is 0.387 e. The number of carbonyl (C=O) groups is 1. The zero-order valence-corrected chi connectivity index (χ0v) is 8.29. The van der Waals surface area contributed by atoms with Crippen molar-refractivity contribution in [3.8, 4) is 0 Å². The van der Waals surface area contributed by atoms with Crippen LogP contribution in [0.15, 0.2) is 30.0 Å². The molecule has 2 heteroatoms. The maximum atomic E-state index is 12.4. The monoisotopic (exact) mass is 197 g/mol. The lowest BCUT2D eigenvalue weighted by molar-refractivity contribution is 0.0917. The van der Waals surface area contributed by atoms with Gasteiger partial charge < -0.3 is 5.32 Å². The fourth-order valence-corrected chi connectivity index (χ4v) is 3.10. The van der Waals surface area contributed by atoms with Gasteiger partial charge in [0.1, 0.15) is 0 Å². The third kappa shape index (κ3) is 0.717. The van der Waals surface area contributed by atoms with Gasteiger partial charge in [0, 0.05) is 17.8 Å². The van der Waals surface area contributed by atoms with Gasteiger partial charge in [0.05, 0.1) is 5.41 Å². The van der Waals surface area contributed by atoms with E-state index in [4.69, 9.17) is 0 Å². The van der Waals surface area contributed by atoms with Gasteiger partial charge in [0.15, 0.2) is 5.78 Å². The predicted molar refractivity (Wildman–Crippen MR) is 57.3 cm³/mol. The van der Waals surface area contributed by atoms with Crippen LogP contribution < -0.4 is 5.32 Å². The fraction of sp³-hybridized carbons (Fsp3) is 0.308. The van der Waals surface area contributed by atoms with E-state index in [1.807, 2.05) is 24.3 Å². The first-order valence-electron chi connectivity index (χ1n) is 5.42. The van der Waals surface area contributed by atoms with E-state index in [9.17, 15) is 4.79 Å². The first kappa shape index (κ1) is 7.69. The van der Waals surface area contributed by atoms with Crippen LogP contribution in [0.4, 0.5) is 0 Å². The number of hydrogen-bond donors (Lipinski definition) is 1. The van der Waals surface area contributed by atoms with Crippen LogP contribution in [0.5, 0.6) is 0 Å². The van der Waals surface area contributed by atoms with Crippen LogP contribution in [-0.4, -0.2) is 12.3 Å². The van der Waals surface area contributed by atoms with Crippen LogP contribution in [0.2, 0.25) is 0 Å². The van der Waals surface area contributed by atoms with Gasteiger partial charge in [0.25, 0.3) is 0 Å². The lowest BCUT2D eigenvalue weighted by Gasteiger charge is -2.21. The van der Waals surface area contributed by atoms with Crippen molar-refractivity contribution in [3.05, 3.63) is 41.1 Å². The topological polar surface area (TPSA) is 29.1 Å². The van der Waals surface area contributed by atoms with Crippen LogP contribution in [-0.2, 0) is 0 Å². The van der Waals surface area contributed by atoms with Gasteiger partial charge in [-0.25, -0.2) is 0 Å². The van der Waals surface area contributed by atoms with Gasteiger partial charge in [0.2, 0.25) is 0 Å². The molecule has 0 aromatic heterocycles. The summed E-state index contributed by atoms with van der Waals surface area (Å²) in [6.45, 7) is 0.978. The molecule has 1 N–H and O–H groups in total. The molecule has 2 atom stereocenters. The maximum Gasteiger partial charge on any atom is 0.175 e. The Kier molecular flexibility index (Phi) is 1.11. The Balaban J connectivity index is 2.01. The Labute approximate surface area is 88.0 Å². The average Bonchev–Trinajstić information content (AvgIpc) is 2.89. The maximum absolute atomic E-state index is 12.4. The Bertz CT molecular complexity index is 517. The second-order valence-corrected chi connectivity index (χ2v) is 4.73.